The van der Waals surface area contributed by atoms with Crippen molar-refractivity contribution < 1.29 is 23.8 Å². The summed E-state index contributed by atoms with van der Waals surface area (Å²) in [5.74, 6) is 0.361. The lowest BCUT2D eigenvalue weighted by Crippen LogP contribution is -2.27. The Balaban J connectivity index is 1.92. The number of carbonyl (C=O) groups is 2. The number of methoxy groups -OCH3 is 1. The van der Waals surface area contributed by atoms with Gasteiger partial charge in [0.05, 0.1) is 26.2 Å². The standard InChI is InChI=1S/C19H27NO5/c1-4-6-15(18(21)24-5-2)11-17-13-20(19(22)25-17)12-14-7-9-16(23-3)10-8-14/h7-10,15,17H,4-6,11-13H2,1-3H3. The molecule has 1 heterocycles. The van der Waals surface area contributed by atoms with Crippen LogP contribution in [0.25, 0.3) is 0 Å². The van der Waals surface area contributed by atoms with E-state index in [9.17, 15) is 9.59 Å². The summed E-state index contributed by atoms with van der Waals surface area (Å²) >= 11 is 0. The normalized spacial score (nSPS) is 18.0. The summed E-state index contributed by atoms with van der Waals surface area (Å²) in [6, 6.07) is 7.59. The minimum Gasteiger partial charge on any atom is -0.497 e. The molecule has 2 atom stereocenters. The molecule has 1 fully saturated rings. The summed E-state index contributed by atoms with van der Waals surface area (Å²) in [5.41, 5.74) is 1.01. The molecule has 1 saturated heterocycles. The molecule has 1 aromatic rings. The summed E-state index contributed by atoms with van der Waals surface area (Å²) < 4.78 is 15.7. The van der Waals surface area contributed by atoms with Crippen LogP contribution >= 0.6 is 0 Å². The molecule has 0 aliphatic carbocycles. The molecule has 0 saturated carbocycles. The van der Waals surface area contributed by atoms with Gasteiger partial charge >= 0.3 is 12.1 Å². The highest BCUT2D eigenvalue weighted by molar-refractivity contribution is 5.73. The van der Waals surface area contributed by atoms with Gasteiger partial charge in [-0.25, -0.2) is 4.79 Å². The van der Waals surface area contributed by atoms with Gasteiger partial charge in [-0.1, -0.05) is 25.5 Å². The minimum absolute atomic E-state index is 0.200. The maximum Gasteiger partial charge on any atom is 0.410 e. The maximum absolute atomic E-state index is 12.1. The lowest BCUT2D eigenvalue weighted by atomic mass is 9.96. The van der Waals surface area contributed by atoms with Gasteiger partial charge in [0.25, 0.3) is 0 Å². The Bertz CT molecular complexity index is 572. The van der Waals surface area contributed by atoms with E-state index in [1.54, 1.807) is 18.9 Å². The molecule has 0 radical (unpaired) electrons. The molecule has 0 aromatic heterocycles. The number of carbonyl (C=O) groups excluding carboxylic acids is 2. The van der Waals surface area contributed by atoms with Crippen LogP contribution in [0.2, 0.25) is 0 Å². The molecule has 0 spiro atoms. The van der Waals surface area contributed by atoms with Crippen LogP contribution in [0.5, 0.6) is 5.75 Å². The maximum atomic E-state index is 12.1. The van der Waals surface area contributed by atoms with Gasteiger partial charge in [0, 0.05) is 6.54 Å². The molecule has 2 unspecified atom stereocenters. The first-order chi connectivity index (χ1) is 12.1. The third-order valence-electron chi connectivity index (χ3n) is 4.29. The zero-order valence-electron chi connectivity index (χ0n) is 15.2. The summed E-state index contributed by atoms with van der Waals surface area (Å²) in [5, 5.41) is 0. The van der Waals surface area contributed by atoms with E-state index < -0.39 is 0 Å². The molecule has 138 valence electrons. The molecule has 1 amide bonds. The van der Waals surface area contributed by atoms with Crippen LogP contribution in [0, 0.1) is 5.92 Å². The Morgan fingerprint density at radius 3 is 2.64 bits per heavy atom. The Morgan fingerprint density at radius 1 is 1.32 bits per heavy atom. The van der Waals surface area contributed by atoms with Gasteiger partial charge in [-0.15, -0.1) is 0 Å². The van der Waals surface area contributed by atoms with Crippen molar-refractivity contribution in [3.63, 3.8) is 0 Å². The van der Waals surface area contributed by atoms with E-state index in [0.29, 0.717) is 26.1 Å². The van der Waals surface area contributed by atoms with E-state index in [2.05, 4.69) is 0 Å². The highest BCUT2D eigenvalue weighted by Crippen LogP contribution is 2.24. The molecule has 6 nitrogen and oxygen atoms in total. The molecule has 0 bridgehead atoms. The Labute approximate surface area is 149 Å². The molecule has 6 heteroatoms. The summed E-state index contributed by atoms with van der Waals surface area (Å²) in [6.07, 6.45) is 1.54. The van der Waals surface area contributed by atoms with E-state index in [1.165, 1.54) is 0 Å². The highest BCUT2D eigenvalue weighted by Gasteiger charge is 2.34. The third-order valence-corrected chi connectivity index (χ3v) is 4.29. The Hall–Kier alpha value is -2.24. The average Bonchev–Trinajstić information content (AvgIpc) is 2.94. The number of ether oxygens (including phenoxy) is 3. The van der Waals surface area contributed by atoms with E-state index in [1.807, 2.05) is 31.2 Å². The summed E-state index contributed by atoms with van der Waals surface area (Å²) in [6.45, 7) is 5.17. The van der Waals surface area contributed by atoms with Crippen LogP contribution in [0.1, 0.15) is 38.7 Å². The van der Waals surface area contributed by atoms with Crippen molar-refractivity contribution >= 4 is 12.1 Å². The first-order valence-electron chi connectivity index (χ1n) is 8.82. The second kappa shape index (κ2) is 9.30. The van der Waals surface area contributed by atoms with Gasteiger partial charge in [-0.05, 0) is 37.5 Å². The molecular formula is C19H27NO5. The van der Waals surface area contributed by atoms with Crippen LogP contribution in [-0.4, -0.2) is 43.3 Å². The second-order valence-corrected chi connectivity index (χ2v) is 6.21. The minimum atomic E-state index is -0.333. The molecule has 1 aliphatic heterocycles. The summed E-state index contributed by atoms with van der Waals surface area (Å²) in [7, 11) is 1.62. The van der Waals surface area contributed by atoms with Crippen molar-refractivity contribution in [1.29, 1.82) is 0 Å². The zero-order valence-corrected chi connectivity index (χ0v) is 15.2. The first-order valence-corrected chi connectivity index (χ1v) is 8.82. The monoisotopic (exact) mass is 349 g/mol. The fraction of sp³-hybridized carbons (Fsp3) is 0.579. The van der Waals surface area contributed by atoms with Gasteiger partial charge < -0.3 is 19.1 Å². The third kappa shape index (κ3) is 5.37. The Kier molecular flexibility index (Phi) is 7.10. The second-order valence-electron chi connectivity index (χ2n) is 6.21. The van der Waals surface area contributed by atoms with Crippen LogP contribution in [0.3, 0.4) is 0 Å². The molecule has 1 aliphatic rings. The zero-order chi connectivity index (χ0) is 18.2. The van der Waals surface area contributed by atoms with E-state index in [-0.39, 0.29) is 24.1 Å². The first kappa shape index (κ1) is 19.1. The number of nitrogens with zero attached hydrogens (tertiary/aromatic N) is 1. The van der Waals surface area contributed by atoms with E-state index >= 15 is 0 Å². The van der Waals surface area contributed by atoms with Gasteiger partial charge in [0.1, 0.15) is 11.9 Å². The SMILES string of the molecule is CCCC(CC1CN(Cc2ccc(OC)cc2)C(=O)O1)C(=O)OCC. The number of rotatable bonds is 9. The lowest BCUT2D eigenvalue weighted by Gasteiger charge is -2.18. The average molecular weight is 349 g/mol. The van der Waals surface area contributed by atoms with Crippen molar-refractivity contribution in [1.82, 2.24) is 4.90 Å². The smallest absolute Gasteiger partial charge is 0.410 e. The quantitative estimate of drug-likeness (QED) is 0.640. The van der Waals surface area contributed by atoms with E-state index in [0.717, 1.165) is 24.2 Å². The number of esters is 1. The van der Waals surface area contributed by atoms with Crippen LogP contribution < -0.4 is 4.74 Å². The lowest BCUT2D eigenvalue weighted by molar-refractivity contribution is -0.149. The molecule has 1 aromatic carbocycles. The van der Waals surface area contributed by atoms with Gasteiger partial charge in [0.2, 0.25) is 0 Å². The van der Waals surface area contributed by atoms with Gasteiger partial charge in [-0.2, -0.15) is 0 Å². The van der Waals surface area contributed by atoms with Crippen molar-refractivity contribution in [2.75, 3.05) is 20.3 Å². The van der Waals surface area contributed by atoms with E-state index in [4.69, 9.17) is 14.2 Å². The number of benzene rings is 1. The fourth-order valence-corrected chi connectivity index (χ4v) is 3.04. The molecular weight excluding hydrogens is 322 g/mol. The van der Waals surface area contributed by atoms with Crippen LogP contribution in [0.4, 0.5) is 4.79 Å². The molecule has 2 rings (SSSR count). The topological polar surface area (TPSA) is 65.1 Å². The highest BCUT2D eigenvalue weighted by atomic mass is 16.6. The van der Waals surface area contributed by atoms with Crippen molar-refractivity contribution in [2.45, 2.75) is 45.8 Å². The number of hydrogen-bond donors (Lipinski definition) is 0. The van der Waals surface area contributed by atoms with Gasteiger partial charge in [-0.3, -0.25) is 4.79 Å². The van der Waals surface area contributed by atoms with Crippen molar-refractivity contribution in [3.8, 4) is 5.75 Å². The van der Waals surface area contributed by atoms with Crippen LogP contribution in [0.15, 0.2) is 24.3 Å². The van der Waals surface area contributed by atoms with Crippen molar-refractivity contribution in [3.05, 3.63) is 29.8 Å². The Morgan fingerprint density at radius 2 is 2.04 bits per heavy atom. The largest absolute Gasteiger partial charge is 0.497 e. The predicted molar refractivity (Wildman–Crippen MR) is 93.3 cm³/mol. The molecule has 25 heavy (non-hydrogen) atoms. The predicted octanol–water partition coefficient (Wildman–Crippen LogP) is 3.39. The fourth-order valence-electron chi connectivity index (χ4n) is 3.04. The molecule has 0 N–H and O–H groups in total. The summed E-state index contributed by atoms with van der Waals surface area (Å²) in [4.78, 5) is 25.8. The number of cyclic esters (lactones) is 1. The van der Waals surface area contributed by atoms with Crippen molar-refractivity contribution in [2.24, 2.45) is 5.92 Å². The van der Waals surface area contributed by atoms with Crippen LogP contribution in [-0.2, 0) is 20.8 Å². The number of amides is 1. The van der Waals surface area contributed by atoms with Gasteiger partial charge in [0.15, 0.2) is 0 Å². The number of hydrogen-bond acceptors (Lipinski definition) is 5.